The molecule has 180 valence electrons. The lowest BCUT2D eigenvalue weighted by molar-refractivity contribution is -0.139. The average molecular weight is 475 g/mol. The van der Waals surface area contributed by atoms with Crippen LogP contribution in [0.3, 0.4) is 0 Å². The van der Waals surface area contributed by atoms with Gasteiger partial charge in [-0.1, -0.05) is 25.3 Å². The quantitative estimate of drug-likeness (QED) is 0.557. The van der Waals surface area contributed by atoms with Crippen LogP contribution in [0.4, 0.5) is 5.88 Å². The first-order valence-corrected chi connectivity index (χ1v) is 12.1. The van der Waals surface area contributed by atoms with E-state index in [1.54, 1.807) is 12.1 Å². The lowest BCUT2D eigenvalue weighted by Crippen LogP contribution is -2.55. The van der Waals surface area contributed by atoms with E-state index in [1.165, 1.54) is 6.26 Å². The lowest BCUT2D eigenvalue weighted by Gasteiger charge is -2.43. The second kappa shape index (κ2) is 8.69. The maximum absolute atomic E-state index is 14.0. The van der Waals surface area contributed by atoms with Gasteiger partial charge in [0.15, 0.2) is 17.3 Å². The number of hydrogen-bond acceptors (Lipinski definition) is 8. The molecule has 2 aliphatic heterocycles. The minimum Gasteiger partial charge on any atom is -0.459 e. The van der Waals surface area contributed by atoms with Crippen LogP contribution in [0.5, 0.6) is 11.5 Å². The molecular formula is C26H26N4O5. The summed E-state index contributed by atoms with van der Waals surface area (Å²) in [5, 5.41) is 9.58. The summed E-state index contributed by atoms with van der Waals surface area (Å²) in [6, 6.07) is 11.5. The van der Waals surface area contributed by atoms with Gasteiger partial charge < -0.3 is 28.1 Å². The number of hydrogen-bond donors (Lipinski definition) is 0. The monoisotopic (exact) mass is 474 g/mol. The number of oxazole rings is 1. The molecule has 1 aliphatic carbocycles. The van der Waals surface area contributed by atoms with Gasteiger partial charge in [0.1, 0.15) is 6.07 Å². The molecule has 1 saturated carbocycles. The Bertz CT molecular complexity index is 1260. The Hall–Kier alpha value is -3.93. The van der Waals surface area contributed by atoms with Crippen LogP contribution in [0.15, 0.2) is 45.4 Å². The van der Waals surface area contributed by atoms with Crippen LogP contribution in [0.1, 0.15) is 43.4 Å². The predicted octanol–water partition coefficient (Wildman–Crippen LogP) is 4.09. The summed E-state index contributed by atoms with van der Waals surface area (Å²) >= 11 is 0. The van der Waals surface area contributed by atoms with Crippen molar-refractivity contribution >= 4 is 11.8 Å². The third kappa shape index (κ3) is 3.70. The van der Waals surface area contributed by atoms with Gasteiger partial charge in [0.25, 0.3) is 5.89 Å². The zero-order chi connectivity index (χ0) is 23.8. The van der Waals surface area contributed by atoms with Gasteiger partial charge in [-0.25, -0.2) is 0 Å². The number of carbonyl (C=O) groups excluding carboxylic acids is 1. The van der Waals surface area contributed by atoms with Crippen LogP contribution < -0.4 is 14.4 Å². The molecule has 9 nitrogen and oxygen atoms in total. The smallest absolute Gasteiger partial charge is 0.266 e. The maximum Gasteiger partial charge on any atom is 0.266 e. The van der Waals surface area contributed by atoms with Gasteiger partial charge in [0.05, 0.1) is 11.7 Å². The highest BCUT2D eigenvalue weighted by atomic mass is 16.7. The average Bonchev–Trinajstić information content (AvgIpc) is 3.68. The van der Waals surface area contributed by atoms with Crippen molar-refractivity contribution in [3.05, 3.63) is 47.9 Å². The van der Waals surface area contributed by atoms with Crippen LogP contribution in [0.2, 0.25) is 0 Å². The summed E-state index contributed by atoms with van der Waals surface area (Å²) in [4.78, 5) is 22.3. The largest absolute Gasteiger partial charge is 0.459 e. The fraction of sp³-hybridized carbons (Fsp3) is 0.423. The Labute approximate surface area is 202 Å². The Morgan fingerprint density at radius 3 is 2.57 bits per heavy atom. The zero-order valence-corrected chi connectivity index (χ0v) is 19.4. The van der Waals surface area contributed by atoms with Crippen molar-refractivity contribution in [2.75, 3.05) is 37.9 Å². The minimum atomic E-state index is -0.544. The molecule has 0 bridgehead atoms. The maximum atomic E-state index is 14.0. The first kappa shape index (κ1) is 21.6. The Balaban J connectivity index is 1.22. The summed E-state index contributed by atoms with van der Waals surface area (Å²) in [7, 11) is 0. The molecule has 0 N–H and O–H groups in total. The van der Waals surface area contributed by atoms with Crippen LogP contribution in [-0.2, 0) is 10.2 Å². The molecule has 1 saturated heterocycles. The number of ether oxygens (including phenoxy) is 2. The molecule has 1 amide bonds. The SMILES string of the molecule is N#Cc1nc(-c2ccco2)oc1N1CCN(C(=O)C2(c3ccc4c(c3)OCO4)CCCCC2)CC1. The fourth-order valence-corrected chi connectivity index (χ4v) is 5.50. The molecule has 2 aromatic heterocycles. The summed E-state index contributed by atoms with van der Waals surface area (Å²) in [5.74, 6) is 2.80. The van der Waals surface area contributed by atoms with E-state index in [0.29, 0.717) is 43.6 Å². The number of benzene rings is 1. The number of amides is 1. The number of nitrogens with zero attached hydrogens (tertiary/aromatic N) is 4. The van der Waals surface area contributed by atoms with Crippen LogP contribution >= 0.6 is 0 Å². The second-order valence-electron chi connectivity index (χ2n) is 9.25. The van der Waals surface area contributed by atoms with Crippen molar-refractivity contribution in [2.45, 2.75) is 37.5 Å². The van der Waals surface area contributed by atoms with Gasteiger partial charge in [-0.3, -0.25) is 4.79 Å². The molecule has 0 spiro atoms. The zero-order valence-electron chi connectivity index (χ0n) is 19.4. The minimum absolute atomic E-state index is 0.171. The lowest BCUT2D eigenvalue weighted by atomic mass is 9.68. The summed E-state index contributed by atoms with van der Waals surface area (Å²) in [5.41, 5.74) is 0.692. The van der Waals surface area contributed by atoms with Gasteiger partial charge in [-0.05, 0) is 42.7 Å². The molecule has 0 atom stereocenters. The van der Waals surface area contributed by atoms with E-state index >= 15 is 0 Å². The van der Waals surface area contributed by atoms with Crippen LogP contribution in [0.25, 0.3) is 11.7 Å². The Morgan fingerprint density at radius 1 is 1.03 bits per heavy atom. The molecule has 0 unspecified atom stereocenters. The molecule has 2 fully saturated rings. The van der Waals surface area contributed by atoms with Gasteiger partial charge in [-0.2, -0.15) is 10.2 Å². The number of nitriles is 1. The van der Waals surface area contributed by atoms with E-state index in [9.17, 15) is 10.1 Å². The number of fused-ring (bicyclic) bond motifs is 1. The van der Waals surface area contributed by atoms with Crippen molar-refractivity contribution in [3.8, 4) is 29.2 Å². The van der Waals surface area contributed by atoms with Crippen molar-refractivity contribution < 1.29 is 23.1 Å². The highest BCUT2D eigenvalue weighted by Crippen LogP contribution is 2.45. The van der Waals surface area contributed by atoms with E-state index in [-0.39, 0.29) is 24.3 Å². The number of aromatic nitrogens is 1. The number of anilines is 1. The molecular weight excluding hydrogens is 448 g/mol. The van der Waals surface area contributed by atoms with E-state index in [2.05, 4.69) is 11.1 Å². The second-order valence-corrected chi connectivity index (χ2v) is 9.25. The third-order valence-corrected chi connectivity index (χ3v) is 7.34. The van der Waals surface area contributed by atoms with Crippen molar-refractivity contribution in [1.29, 1.82) is 5.26 Å². The van der Waals surface area contributed by atoms with Crippen LogP contribution in [0, 0.1) is 11.3 Å². The van der Waals surface area contributed by atoms with Crippen molar-refractivity contribution in [2.24, 2.45) is 0 Å². The number of carbonyl (C=O) groups is 1. The van der Waals surface area contributed by atoms with Gasteiger partial charge >= 0.3 is 0 Å². The normalized spacial score (nSPS) is 18.9. The Kier molecular flexibility index (Phi) is 5.36. The molecule has 35 heavy (non-hydrogen) atoms. The van der Waals surface area contributed by atoms with Gasteiger partial charge in [-0.15, -0.1) is 0 Å². The number of furan rings is 1. The molecule has 3 aliphatic rings. The van der Waals surface area contributed by atoms with Gasteiger partial charge in [0.2, 0.25) is 24.3 Å². The molecule has 1 aromatic carbocycles. The predicted molar refractivity (Wildman–Crippen MR) is 125 cm³/mol. The topological polar surface area (TPSA) is 105 Å². The first-order valence-electron chi connectivity index (χ1n) is 12.1. The summed E-state index contributed by atoms with van der Waals surface area (Å²) < 4.78 is 22.4. The van der Waals surface area contributed by atoms with Gasteiger partial charge in [0, 0.05) is 26.2 Å². The van der Waals surface area contributed by atoms with E-state index in [0.717, 1.165) is 43.4 Å². The molecule has 3 aromatic rings. The fourth-order valence-electron chi connectivity index (χ4n) is 5.50. The van der Waals surface area contributed by atoms with E-state index in [4.69, 9.17) is 18.3 Å². The molecule has 6 rings (SSSR count). The first-order chi connectivity index (χ1) is 17.2. The third-order valence-electron chi connectivity index (χ3n) is 7.34. The van der Waals surface area contributed by atoms with Crippen molar-refractivity contribution in [1.82, 2.24) is 9.88 Å². The van der Waals surface area contributed by atoms with E-state index < -0.39 is 5.41 Å². The number of rotatable bonds is 4. The standard InChI is InChI=1S/C26H26N4O5/c27-16-19-24(35-23(28-19)21-5-4-14-32-21)29-10-12-30(13-11-29)25(31)26(8-2-1-3-9-26)18-6-7-20-22(15-18)34-17-33-20/h4-7,14-15H,1-3,8-13,17H2. The molecule has 4 heterocycles. The van der Waals surface area contributed by atoms with E-state index in [1.807, 2.05) is 28.0 Å². The molecule has 0 radical (unpaired) electrons. The number of piperazine rings is 1. The Morgan fingerprint density at radius 2 is 1.83 bits per heavy atom. The van der Waals surface area contributed by atoms with Crippen molar-refractivity contribution in [3.63, 3.8) is 0 Å². The summed E-state index contributed by atoms with van der Waals surface area (Å²) in [6.45, 7) is 2.43. The highest BCUT2D eigenvalue weighted by Gasteiger charge is 2.45. The highest BCUT2D eigenvalue weighted by molar-refractivity contribution is 5.89. The molecule has 9 heteroatoms. The summed E-state index contributed by atoms with van der Waals surface area (Å²) in [6.07, 6.45) is 6.40. The van der Waals surface area contributed by atoms with Crippen LogP contribution in [-0.4, -0.2) is 48.8 Å².